The van der Waals surface area contributed by atoms with Gasteiger partial charge < -0.3 is 10.5 Å². The average molecular weight is 369 g/mol. The van der Waals surface area contributed by atoms with Crippen molar-refractivity contribution in [2.45, 2.75) is 32.7 Å². The van der Waals surface area contributed by atoms with Crippen LogP contribution in [0.3, 0.4) is 0 Å². The summed E-state index contributed by atoms with van der Waals surface area (Å²) >= 11 is 9.57. The first-order chi connectivity index (χ1) is 9.99. The van der Waals surface area contributed by atoms with Gasteiger partial charge in [0.1, 0.15) is 11.5 Å². The summed E-state index contributed by atoms with van der Waals surface area (Å²) in [5.74, 6) is 1.64. The highest BCUT2D eigenvalue weighted by Crippen LogP contribution is 2.32. The lowest BCUT2D eigenvalue weighted by Gasteiger charge is -2.16. The smallest absolute Gasteiger partial charge is 0.131 e. The summed E-state index contributed by atoms with van der Waals surface area (Å²) in [6.07, 6.45) is 1.67. The first-order valence-corrected chi connectivity index (χ1v) is 8.14. The van der Waals surface area contributed by atoms with Crippen LogP contribution in [0.15, 0.2) is 40.9 Å². The van der Waals surface area contributed by atoms with Gasteiger partial charge in [0.05, 0.1) is 0 Å². The van der Waals surface area contributed by atoms with Crippen LogP contribution in [0.4, 0.5) is 0 Å². The molecule has 2 N–H and O–H groups in total. The van der Waals surface area contributed by atoms with E-state index in [2.05, 4.69) is 22.9 Å². The Morgan fingerprint density at radius 1 is 1.19 bits per heavy atom. The van der Waals surface area contributed by atoms with Crippen LogP contribution in [0.1, 0.15) is 24.5 Å². The second-order valence-electron chi connectivity index (χ2n) is 5.14. The highest BCUT2D eigenvalue weighted by atomic mass is 79.9. The van der Waals surface area contributed by atoms with E-state index in [1.807, 2.05) is 43.3 Å². The first-order valence-electron chi connectivity index (χ1n) is 6.97. The zero-order chi connectivity index (χ0) is 15.4. The van der Waals surface area contributed by atoms with Crippen molar-refractivity contribution in [3.05, 3.63) is 57.0 Å². The SMILES string of the molecule is CCC(N)Cc1cc(Cl)ccc1Oc1cc(Br)ccc1C. The number of rotatable bonds is 5. The number of hydrogen-bond donors (Lipinski definition) is 1. The zero-order valence-corrected chi connectivity index (χ0v) is 14.5. The van der Waals surface area contributed by atoms with E-state index in [1.165, 1.54) is 0 Å². The summed E-state index contributed by atoms with van der Waals surface area (Å²) in [5.41, 5.74) is 8.19. The standard InChI is InChI=1S/C17H19BrClNO/c1-3-15(20)9-12-8-14(19)6-7-16(12)21-17-10-13(18)5-4-11(17)2/h4-8,10,15H,3,9,20H2,1-2H3. The van der Waals surface area contributed by atoms with Crippen LogP contribution in [0.2, 0.25) is 5.02 Å². The highest BCUT2D eigenvalue weighted by molar-refractivity contribution is 9.10. The maximum absolute atomic E-state index is 6.10. The maximum atomic E-state index is 6.10. The molecule has 21 heavy (non-hydrogen) atoms. The van der Waals surface area contributed by atoms with Crippen LogP contribution in [-0.2, 0) is 6.42 Å². The lowest BCUT2D eigenvalue weighted by atomic mass is 10.0. The molecule has 0 spiro atoms. The molecule has 0 radical (unpaired) electrons. The van der Waals surface area contributed by atoms with Crippen LogP contribution in [0.5, 0.6) is 11.5 Å². The van der Waals surface area contributed by atoms with Gasteiger partial charge in [0, 0.05) is 15.5 Å². The Balaban J connectivity index is 2.32. The van der Waals surface area contributed by atoms with Crippen molar-refractivity contribution < 1.29 is 4.74 Å². The molecule has 2 nitrogen and oxygen atoms in total. The molecule has 112 valence electrons. The van der Waals surface area contributed by atoms with E-state index in [4.69, 9.17) is 22.1 Å². The van der Waals surface area contributed by atoms with Gasteiger partial charge in [-0.05, 0) is 61.2 Å². The van der Waals surface area contributed by atoms with E-state index in [1.54, 1.807) is 0 Å². The van der Waals surface area contributed by atoms with Gasteiger partial charge in [0.15, 0.2) is 0 Å². The minimum atomic E-state index is 0.106. The van der Waals surface area contributed by atoms with Gasteiger partial charge in [-0.2, -0.15) is 0 Å². The Labute approximate surface area is 139 Å². The Hall–Kier alpha value is -1.03. The van der Waals surface area contributed by atoms with Gasteiger partial charge in [-0.1, -0.05) is 40.5 Å². The molecule has 0 saturated heterocycles. The molecule has 2 aromatic carbocycles. The lowest BCUT2D eigenvalue weighted by Crippen LogP contribution is -2.21. The summed E-state index contributed by atoms with van der Waals surface area (Å²) in [6.45, 7) is 4.10. The fourth-order valence-electron chi connectivity index (χ4n) is 2.04. The van der Waals surface area contributed by atoms with Crippen molar-refractivity contribution in [2.75, 3.05) is 0 Å². The molecule has 0 aliphatic rings. The molecule has 0 heterocycles. The maximum Gasteiger partial charge on any atom is 0.131 e. The van der Waals surface area contributed by atoms with Crippen molar-refractivity contribution in [1.82, 2.24) is 0 Å². The molecule has 2 aromatic rings. The molecule has 0 aliphatic carbocycles. The Morgan fingerprint density at radius 3 is 2.67 bits per heavy atom. The van der Waals surface area contributed by atoms with Crippen molar-refractivity contribution in [3.8, 4) is 11.5 Å². The number of halogens is 2. The van der Waals surface area contributed by atoms with Gasteiger partial charge in [0.25, 0.3) is 0 Å². The third-order valence-electron chi connectivity index (χ3n) is 3.40. The summed E-state index contributed by atoms with van der Waals surface area (Å²) < 4.78 is 7.07. The van der Waals surface area contributed by atoms with Crippen molar-refractivity contribution in [1.29, 1.82) is 0 Å². The summed E-state index contributed by atoms with van der Waals surface area (Å²) in [5, 5.41) is 0.701. The molecule has 1 unspecified atom stereocenters. The predicted molar refractivity (Wildman–Crippen MR) is 92.4 cm³/mol. The van der Waals surface area contributed by atoms with Crippen LogP contribution in [-0.4, -0.2) is 6.04 Å². The van der Waals surface area contributed by atoms with Crippen LogP contribution < -0.4 is 10.5 Å². The second kappa shape index (κ2) is 7.30. The third-order valence-corrected chi connectivity index (χ3v) is 4.13. The Bertz CT molecular complexity index is 630. The van der Waals surface area contributed by atoms with E-state index in [9.17, 15) is 0 Å². The number of benzene rings is 2. The van der Waals surface area contributed by atoms with E-state index < -0.39 is 0 Å². The largest absolute Gasteiger partial charge is 0.457 e. The topological polar surface area (TPSA) is 35.2 Å². The summed E-state index contributed by atoms with van der Waals surface area (Å²) in [7, 11) is 0. The Kier molecular flexibility index (Phi) is 5.68. The zero-order valence-electron chi connectivity index (χ0n) is 12.2. The molecule has 0 amide bonds. The van der Waals surface area contributed by atoms with Gasteiger partial charge in [-0.15, -0.1) is 0 Å². The number of ether oxygens (including phenoxy) is 1. The third kappa shape index (κ3) is 4.47. The quantitative estimate of drug-likeness (QED) is 0.758. The minimum absolute atomic E-state index is 0.106. The second-order valence-corrected chi connectivity index (χ2v) is 6.49. The molecule has 0 fully saturated rings. The van der Waals surface area contributed by atoms with Gasteiger partial charge in [-0.25, -0.2) is 0 Å². The molecule has 1 atom stereocenters. The van der Waals surface area contributed by atoms with Crippen molar-refractivity contribution in [3.63, 3.8) is 0 Å². The summed E-state index contributed by atoms with van der Waals surface area (Å²) in [6, 6.07) is 11.8. The molecule has 4 heteroatoms. The predicted octanol–water partition coefficient (Wildman–Crippen LogP) is 5.48. The number of hydrogen-bond acceptors (Lipinski definition) is 2. The van der Waals surface area contributed by atoms with Crippen LogP contribution in [0.25, 0.3) is 0 Å². The minimum Gasteiger partial charge on any atom is -0.457 e. The lowest BCUT2D eigenvalue weighted by molar-refractivity contribution is 0.468. The average Bonchev–Trinajstić information content (AvgIpc) is 2.45. The first kappa shape index (κ1) is 16.3. The summed E-state index contributed by atoms with van der Waals surface area (Å²) in [4.78, 5) is 0. The molecule has 0 aromatic heterocycles. The molecule has 0 bridgehead atoms. The molecular weight excluding hydrogens is 350 g/mol. The molecule has 0 aliphatic heterocycles. The molecular formula is C17H19BrClNO. The molecule has 0 saturated carbocycles. The van der Waals surface area contributed by atoms with Crippen molar-refractivity contribution >= 4 is 27.5 Å². The van der Waals surface area contributed by atoms with Crippen LogP contribution in [0, 0.1) is 6.92 Å². The fraction of sp³-hybridized carbons (Fsp3) is 0.294. The Morgan fingerprint density at radius 2 is 1.95 bits per heavy atom. The van der Waals surface area contributed by atoms with Gasteiger partial charge >= 0.3 is 0 Å². The van der Waals surface area contributed by atoms with Gasteiger partial charge in [-0.3, -0.25) is 0 Å². The van der Waals surface area contributed by atoms with E-state index >= 15 is 0 Å². The highest BCUT2D eigenvalue weighted by Gasteiger charge is 2.11. The van der Waals surface area contributed by atoms with Crippen molar-refractivity contribution in [2.24, 2.45) is 5.73 Å². The number of nitrogens with two attached hydrogens (primary N) is 1. The van der Waals surface area contributed by atoms with E-state index in [-0.39, 0.29) is 6.04 Å². The number of aryl methyl sites for hydroxylation is 1. The normalized spacial score (nSPS) is 12.2. The fourth-order valence-corrected chi connectivity index (χ4v) is 2.57. The van der Waals surface area contributed by atoms with Crippen LogP contribution >= 0.6 is 27.5 Å². The van der Waals surface area contributed by atoms with E-state index in [0.717, 1.165) is 39.9 Å². The monoisotopic (exact) mass is 367 g/mol. The molecule has 2 rings (SSSR count). The van der Waals surface area contributed by atoms with E-state index in [0.29, 0.717) is 5.02 Å². The van der Waals surface area contributed by atoms with Gasteiger partial charge in [0.2, 0.25) is 0 Å².